The normalized spacial score (nSPS) is 10.8. The lowest BCUT2D eigenvalue weighted by Crippen LogP contribution is -2.22. The van der Waals surface area contributed by atoms with Gasteiger partial charge in [0, 0.05) is 11.0 Å². The van der Waals surface area contributed by atoms with E-state index in [4.69, 9.17) is 10.2 Å². The van der Waals surface area contributed by atoms with Crippen LogP contribution in [0.4, 0.5) is 4.79 Å². The number of aliphatic hydroxyl groups excluding tert-OH is 1. The Hall–Kier alpha value is -1.60. The van der Waals surface area contributed by atoms with Crippen LogP contribution in [0.25, 0.3) is 11.0 Å². The average molecular weight is 314 g/mol. The van der Waals surface area contributed by atoms with Gasteiger partial charge in [0.15, 0.2) is 0 Å². The maximum absolute atomic E-state index is 10.5. The van der Waals surface area contributed by atoms with Gasteiger partial charge in [-0.2, -0.15) is 0 Å². The molecule has 0 aliphatic rings. The van der Waals surface area contributed by atoms with E-state index in [9.17, 15) is 4.79 Å². The van der Waals surface area contributed by atoms with E-state index >= 15 is 0 Å². The molecule has 1 amide bonds. The molecule has 1 heterocycles. The van der Waals surface area contributed by atoms with Crippen LogP contribution in [-0.4, -0.2) is 32.5 Å². The molecule has 18 heavy (non-hydrogen) atoms. The van der Waals surface area contributed by atoms with Crippen LogP contribution in [0, 0.1) is 0 Å². The molecule has 0 saturated carbocycles. The Kier molecular flexibility index (Phi) is 3.83. The Balaban J connectivity index is 2.43. The van der Waals surface area contributed by atoms with Crippen LogP contribution in [0.15, 0.2) is 22.7 Å². The quantitative estimate of drug-likeness (QED) is 0.799. The van der Waals surface area contributed by atoms with E-state index < -0.39 is 6.09 Å². The van der Waals surface area contributed by atoms with Gasteiger partial charge in [-0.05, 0) is 18.2 Å². The molecule has 0 radical (unpaired) electrons. The van der Waals surface area contributed by atoms with Crippen LogP contribution in [0.2, 0.25) is 0 Å². The predicted molar refractivity (Wildman–Crippen MR) is 69.4 cm³/mol. The number of carbonyl (C=O) groups is 1. The van der Waals surface area contributed by atoms with Gasteiger partial charge in [0.25, 0.3) is 0 Å². The van der Waals surface area contributed by atoms with Gasteiger partial charge in [-0.3, -0.25) is 0 Å². The molecule has 0 bridgehead atoms. The van der Waals surface area contributed by atoms with Crippen LogP contribution in [0.1, 0.15) is 5.82 Å². The molecular weight excluding hydrogens is 302 g/mol. The Morgan fingerprint density at radius 3 is 2.94 bits per heavy atom. The minimum absolute atomic E-state index is 0.0262. The average Bonchev–Trinajstić information content (AvgIpc) is 2.64. The molecule has 1 aromatic heterocycles. The number of hydrogen-bond acceptors (Lipinski definition) is 3. The van der Waals surface area contributed by atoms with Crippen molar-refractivity contribution in [3.05, 3.63) is 28.5 Å². The van der Waals surface area contributed by atoms with E-state index in [1.165, 1.54) is 0 Å². The maximum Gasteiger partial charge on any atom is 0.405 e. The zero-order chi connectivity index (χ0) is 13.1. The molecule has 1 aromatic carbocycles. The summed E-state index contributed by atoms with van der Waals surface area (Å²) < 4.78 is 2.71. The number of aromatic nitrogens is 2. The Morgan fingerprint density at radius 1 is 1.50 bits per heavy atom. The van der Waals surface area contributed by atoms with Crippen molar-refractivity contribution in [3.8, 4) is 0 Å². The van der Waals surface area contributed by atoms with Gasteiger partial charge < -0.3 is 20.1 Å². The Labute approximate surface area is 111 Å². The monoisotopic (exact) mass is 313 g/mol. The van der Waals surface area contributed by atoms with Crippen LogP contribution in [-0.2, 0) is 13.1 Å². The summed E-state index contributed by atoms with van der Waals surface area (Å²) in [5.74, 6) is 0.583. The molecule has 2 aromatic rings. The predicted octanol–water partition coefficient (Wildman–Crippen LogP) is 1.56. The number of hydrogen-bond donors (Lipinski definition) is 3. The number of imidazole rings is 1. The molecule has 7 heteroatoms. The van der Waals surface area contributed by atoms with Gasteiger partial charge >= 0.3 is 6.09 Å². The second-order valence-corrected chi connectivity index (χ2v) is 4.61. The van der Waals surface area contributed by atoms with Crippen molar-refractivity contribution >= 4 is 33.1 Å². The van der Waals surface area contributed by atoms with Gasteiger partial charge in [0.2, 0.25) is 0 Å². The summed E-state index contributed by atoms with van der Waals surface area (Å²) in [6, 6.07) is 5.62. The lowest BCUT2D eigenvalue weighted by atomic mass is 10.3. The molecule has 0 saturated heterocycles. The minimum Gasteiger partial charge on any atom is -0.465 e. The van der Waals surface area contributed by atoms with Crippen molar-refractivity contribution in [2.45, 2.75) is 13.1 Å². The standard InChI is InChI=1S/C11H12BrN3O3/c12-7-1-2-9-8(5-7)14-10(6-13-11(17)18)15(9)3-4-16/h1-2,5,13,16H,3-4,6H2,(H,17,18). The number of carboxylic acid groups (broad SMARTS) is 1. The zero-order valence-corrected chi connectivity index (χ0v) is 11.0. The second kappa shape index (κ2) is 5.36. The van der Waals surface area contributed by atoms with Gasteiger partial charge in [-0.15, -0.1) is 0 Å². The molecule has 3 N–H and O–H groups in total. The summed E-state index contributed by atoms with van der Waals surface area (Å²) in [6.07, 6.45) is -1.10. The first-order valence-electron chi connectivity index (χ1n) is 5.34. The van der Waals surface area contributed by atoms with E-state index in [1.807, 2.05) is 18.2 Å². The SMILES string of the molecule is O=C(O)NCc1nc2cc(Br)ccc2n1CCO. The number of nitrogens with zero attached hydrogens (tertiary/aromatic N) is 2. The fourth-order valence-electron chi connectivity index (χ4n) is 1.79. The van der Waals surface area contributed by atoms with E-state index in [1.54, 1.807) is 4.57 Å². The topological polar surface area (TPSA) is 87.4 Å². The smallest absolute Gasteiger partial charge is 0.405 e. The highest BCUT2D eigenvalue weighted by atomic mass is 79.9. The van der Waals surface area contributed by atoms with Gasteiger partial charge in [-0.25, -0.2) is 9.78 Å². The number of benzene rings is 1. The number of fused-ring (bicyclic) bond motifs is 1. The van der Waals surface area contributed by atoms with Crippen LogP contribution >= 0.6 is 15.9 Å². The van der Waals surface area contributed by atoms with Crippen molar-refractivity contribution in [3.63, 3.8) is 0 Å². The minimum atomic E-state index is -1.10. The third-order valence-electron chi connectivity index (χ3n) is 2.51. The number of aliphatic hydroxyl groups is 1. The molecule has 0 fully saturated rings. The third kappa shape index (κ3) is 2.62. The fourth-order valence-corrected chi connectivity index (χ4v) is 2.14. The summed E-state index contributed by atoms with van der Waals surface area (Å²) in [5, 5.41) is 19.9. The number of amides is 1. The first kappa shape index (κ1) is 12.8. The second-order valence-electron chi connectivity index (χ2n) is 3.70. The Morgan fingerprint density at radius 2 is 2.28 bits per heavy atom. The molecule has 0 spiro atoms. The number of halogens is 1. The first-order chi connectivity index (χ1) is 8.61. The van der Waals surface area contributed by atoms with E-state index in [2.05, 4.69) is 26.2 Å². The zero-order valence-electron chi connectivity index (χ0n) is 9.43. The maximum atomic E-state index is 10.5. The molecular formula is C11H12BrN3O3. The van der Waals surface area contributed by atoms with Gasteiger partial charge in [-0.1, -0.05) is 15.9 Å². The number of nitrogens with one attached hydrogen (secondary N) is 1. The van der Waals surface area contributed by atoms with Crippen molar-refractivity contribution in [1.29, 1.82) is 0 Å². The summed E-state index contributed by atoms with van der Waals surface area (Å²) in [7, 11) is 0. The van der Waals surface area contributed by atoms with Crippen LogP contribution in [0.3, 0.4) is 0 Å². The van der Waals surface area contributed by atoms with Crippen LogP contribution in [0.5, 0.6) is 0 Å². The molecule has 0 unspecified atom stereocenters. The number of rotatable bonds is 4. The molecule has 96 valence electrons. The fraction of sp³-hybridized carbons (Fsp3) is 0.273. The van der Waals surface area contributed by atoms with Gasteiger partial charge in [0.05, 0.1) is 24.2 Å². The highest BCUT2D eigenvalue weighted by Crippen LogP contribution is 2.20. The third-order valence-corrected chi connectivity index (χ3v) is 3.00. The van der Waals surface area contributed by atoms with Gasteiger partial charge in [0.1, 0.15) is 5.82 Å². The largest absolute Gasteiger partial charge is 0.465 e. The highest BCUT2D eigenvalue weighted by Gasteiger charge is 2.11. The summed E-state index contributed by atoms with van der Waals surface area (Å²) >= 11 is 3.36. The van der Waals surface area contributed by atoms with Crippen molar-refractivity contribution in [1.82, 2.24) is 14.9 Å². The van der Waals surface area contributed by atoms with Crippen molar-refractivity contribution in [2.75, 3.05) is 6.61 Å². The van der Waals surface area contributed by atoms with Crippen molar-refractivity contribution in [2.24, 2.45) is 0 Å². The molecule has 0 aliphatic carbocycles. The molecule has 0 aliphatic heterocycles. The van der Waals surface area contributed by atoms with E-state index in [-0.39, 0.29) is 13.2 Å². The highest BCUT2D eigenvalue weighted by molar-refractivity contribution is 9.10. The van der Waals surface area contributed by atoms with E-state index in [0.717, 1.165) is 15.5 Å². The van der Waals surface area contributed by atoms with Crippen molar-refractivity contribution < 1.29 is 15.0 Å². The van der Waals surface area contributed by atoms with Crippen LogP contribution < -0.4 is 5.32 Å². The van der Waals surface area contributed by atoms with E-state index in [0.29, 0.717) is 12.4 Å². The Bertz CT molecular complexity index is 582. The molecule has 0 atom stereocenters. The lowest BCUT2D eigenvalue weighted by molar-refractivity contribution is 0.193. The first-order valence-corrected chi connectivity index (χ1v) is 6.13. The molecule has 2 rings (SSSR count). The summed E-state index contributed by atoms with van der Waals surface area (Å²) in [5.41, 5.74) is 1.63. The molecule has 6 nitrogen and oxygen atoms in total. The lowest BCUT2D eigenvalue weighted by Gasteiger charge is -2.06. The summed E-state index contributed by atoms with van der Waals surface area (Å²) in [4.78, 5) is 14.9. The summed E-state index contributed by atoms with van der Waals surface area (Å²) in [6.45, 7) is 0.470.